The zero-order chi connectivity index (χ0) is 14.7. The van der Waals surface area contributed by atoms with E-state index in [1.54, 1.807) is 24.3 Å². The highest BCUT2D eigenvalue weighted by Crippen LogP contribution is 2.31. The van der Waals surface area contributed by atoms with Gasteiger partial charge in [0.25, 0.3) is 0 Å². The van der Waals surface area contributed by atoms with Crippen molar-refractivity contribution >= 4 is 23.2 Å². The Labute approximate surface area is 128 Å². The molecule has 0 saturated heterocycles. The van der Waals surface area contributed by atoms with Crippen molar-refractivity contribution in [2.45, 2.75) is 26.4 Å². The molecule has 1 nitrogen and oxygen atoms in total. The Hall–Kier alpha value is -1.09. The minimum atomic E-state index is -0.222. The van der Waals surface area contributed by atoms with Crippen molar-refractivity contribution in [3.05, 3.63) is 57.8 Å². The van der Waals surface area contributed by atoms with Gasteiger partial charge >= 0.3 is 0 Å². The predicted octanol–water partition coefficient (Wildman–Crippen LogP) is 5.30. The summed E-state index contributed by atoms with van der Waals surface area (Å²) < 4.78 is 13.8. The van der Waals surface area contributed by atoms with Gasteiger partial charge in [0, 0.05) is 33.8 Å². The van der Waals surface area contributed by atoms with E-state index in [-0.39, 0.29) is 5.82 Å². The first-order valence-electron chi connectivity index (χ1n) is 6.44. The second-order valence-corrected chi connectivity index (χ2v) is 5.81. The third-order valence-corrected chi connectivity index (χ3v) is 3.55. The SMILES string of the molecule is CC(C)NCc1cc(-c2cc(Cl)ccc2Cl)ccc1F. The van der Waals surface area contributed by atoms with Crippen LogP contribution in [0.3, 0.4) is 0 Å². The molecule has 1 N–H and O–H groups in total. The summed E-state index contributed by atoms with van der Waals surface area (Å²) in [7, 11) is 0. The summed E-state index contributed by atoms with van der Waals surface area (Å²) in [5, 5.41) is 4.42. The minimum absolute atomic E-state index is 0.222. The van der Waals surface area contributed by atoms with E-state index in [1.807, 2.05) is 19.9 Å². The van der Waals surface area contributed by atoms with E-state index in [2.05, 4.69) is 5.32 Å². The summed E-state index contributed by atoms with van der Waals surface area (Å²) in [6.45, 7) is 4.53. The quantitative estimate of drug-likeness (QED) is 0.808. The van der Waals surface area contributed by atoms with Crippen LogP contribution in [0.5, 0.6) is 0 Å². The third kappa shape index (κ3) is 3.72. The Balaban J connectivity index is 2.37. The van der Waals surface area contributed by atoms with Crippen LogP contribution in [0.2, 0.25) is 10.0 Å². The van der Waals surface area contributed by atoms with Gasteiger partial charge in [0.2, 0.25) is 0 Å². The Morgan fingerprint density at radius 2 is 1.85 bits per heavy atom. The van der Waals surface area contributed by atoms with Gasteiger partial charge in [-0.25, -0.2) is 4.39 Å². The Morgan fingerprint density at radius 1 is 1.10 bits per heavy atom. The van der Waals surface area contributed by atoms with Crippen LogP contribution < -0.4 is 5.32 Å². The van der Waals surface area contributed by atoms with Gasteiger partial charge < -0.3 is 5.32 Å². The van der Waals surface area contributed by atoms with Crippen LogP contribution in [0.25, 0.3) is 11.1 Å². The van der Waals surface area contributed by atoms with Crippen LogP contribution in [0.15, 0.2) is 36.4 Å². The van der Waals surface area contributed by atoms with Crippen molar-refractivity contribution in [2.24, 2.45) is 0 Å². The maximum Gasteiger partial charge on any atom is 0.127 e. The van der Waals surface area contributed by atoms with Crippen molar-refractivity contribution < 1.29 is 4.39 Å². The van der Waals surface area contributed by atoms with Gasteiger partial charge in [-0.15, -0.1) is 0 Å². The standard InChI is InChI=1S/C16H16Cl2FN/c1-10(2)20-9-12-7-11(3-6-16(12)19)14-8-13(17)4-5-15(14)18/h3-8,10,20H,9H2,1-2H3. The van der Waals surface area contributed by atoms with E-state index >= 15 is 0 Å². The van der Waals surface area contributed by atoms with Gasteiger partial charge in [0.1, 0.15) is 5.82 Å². The van der Waals surface area contributed by atoms with Gasteiger partial charge in [-0.1, -0.05) is 43.1 Å². The lowest BCUT2D eigenvalue weighted by Gasteiger charge is -2.11. The molecule has 20 heavy (non-hydrogen) atoms. The number of hydrogen-bond donors (Lipinski definition) is 1. The molecule has 0 radical (unpaired) electrons. The molecule has 0 atom stereocenters. The monoisotopic (exact) mass is 311 g/mol. The summed E-state index contributed by atoms with van der Waals surface area (Å²) in [5.74, 6) is -0.222. The lowest BCUT2D eigenvalue weighted by atomic mass is 10.0. The topological polar surface area (TPSA) is 12.0 Å². The Morgan fingerprint density at radius 3 is 2.55 bits per heavy atom. The normalized spacial score (nSPS) is 11.1. The van der Waals surface area contributed by atoms with E-state index in [0.29, 0.717) is 28.2 Å². The number of benzene rings is 2. The van der Waals surface area contributed by atoms with E-state index < -0.39 is 0 Å². The van der Waals surface area contributed by atoms with Crippen LogP contribution in [-0.4, -0.2) is 6.04 Å². The molecular formula is C16H16Cl2FN. The second-order valence-electron chi connectivity index (χ2n) is 4.97. The molecule has 0 unspecified atom stereocenters. The molecule has 2 aromatic rings. The van der Waals surface area contributed by atoms with Gasteiger partial charge in [-0.3, -0.25) is 0 Å². The summed E-state index contributed by atoms with van der Waals surface area (Å²) in [6, 6.07) is 10.6. The molecule has 0 saturated carbocycles. The van der Waals surface area contributed by atoms with Crippen molar-refractivity contribution in [2.75, 3.05) is 0 Å². The van der Waals surface area contributed by atoms with Crippen molar-refractivity contribution in [3.8, 4) is 11.1 Å². The van der Waals surface area contributed by atoms with Crippen LogP contribution in [0, 0.1) is 5.82 Å². The summed E-state index contributed by atoms with van der Waals surface area (Å²) in [5.41, 5.74) is 2.29. The zero-order valence-corrected chi connectivity index (χ0v) is 12.9. The van der Waals surface area contributed by atoms with Gasteiger partial charge in [-0.05, 0) is 35.9 Å². The summed E-state index contributed by atoms with van der Waals surface area (Å²) in [6.07, 6.45) is 0. The first kappa shape index (κ1) is 15.3. The highest BCUT2D eigenvalue weighted by Gasteiger charge is 2.09. The van der Waals surface area contributed by atoms with E-state index in [0.717, 1.165) is 11.1 Å². The van der Waals surface area contributed by atoms with Gasteiger partial charge in [0.05, 0.1) is 0 Å². The maximum atomic E-state index is 13.8. The summed E-state index contributed by atoms with van der Waals surface area (Å²) in [4.78, 5) is 0. The predicted molar refractivity (Wildman–Crippen MR) is 83.8 cm³/mol. The van der Waals surface area contributed by atoms with Crippen molar-refractivity contribution in [1.29, 1.82) is 0 Å². The molecule has 0 fully saturated rings. The molecular weight excluding hydrogens is 296 g/mol. The summed E-state index contributed by atoms with van der Waals surface area (Å²) >= 11 is 12.2. The number of hydrogen-bond acceptors (Lipinski definition) is 1. The van der Waals surface area contributed by atoms with Crippen molar-refractivity contribution in [1.82, 2.24) is 5.32 Å². The number of nitrogens with one attached hydrogen (secondary N) is 1. The maximum absolute atomic E-state index is 13.8. The highest BCUT2D eigenvalue weighted by atomic mass is 35.5. The molecule has 2 rings (SSSR count). The molecule has 0 aliphatic rings. The second kappa shape index (κ2) is 6.57. The fourth-order valence-corrected chi connectivity index (χ4v) is 2.31. The first-order chi connectivity index (χ1) is 9.47. The van der Waals surface area contributed by atoms with E-state index in [1.165, 1.54) is 6.07 Å². The largest absolute Gasteiger partial charge is 0.310 e. The fraction of sp³-hybridized carbons (Fsp3) is 0.250. The molecule has 0 aliphatic carbocycles. The molecule has 106 valence electrons. The molecule has 0 aromatic heterocycles. The van der Waals surface area contributed by atoms with Crippen LogP contribution >= 0.6 is 23.2 Å². The number of rotatable bonds is 4. The molecule has 0 aliphatic heterocycles. The Bertz CT molecular complexity index is 611. The lowest BCUT2D eigenvalue weighted by Crippen LogP contribution is -2.22. The van der Waals surface area contributed by atoms with Gasteiger partial charge in [-0.2, -0.15) is 0 Å². The third-order valence-electron chi connectivity index (χ3n) is 2.99. The molecule has 4 heteroatoms. The number of halogens is 3. The Kier molecular flexibility index (Phi) is 5.03. The molecule has 0 amide bonds. The minimum Gasteiger partial charge on any atom is -0.310 e. The van der Waals surface area contributed by atoms with E-state index in [4.69, 9.17) is 23.2 Å². The molecule has 0 spiro atoms. The van der Waals surface area contributed by atoms with Gasteiger partial charge in [0.15, 0.2) is 0 Å². The highest BCUT2D eigenvalue weighted by molar-refractivity contribution is 6.35. The molecule has 0 bridgehead atoms. The van der Waals surface area contributed by atoms with Crippen molar-refractivity contribution in [3.63, 3.8) is 0 Å². The molecule has 0 heterocycles. The van der Waals surface area contributed by atoms with E-state index in [9.17, 15) is 4.39 Å². The average Bonchev–Trinajstić information content (AvgIpc) is 2.40. The van der Waals surface area contributed by atoms with Crippen LogP contribution in [-0.2, 0) is 6.54 Å². The van der Waals surface area contributed by atoms with Crippen LogP contribution in [0.1, 0.15) is 19.4 Å². The smallest absolute Gasteiger partial charge is 0.127 e. The fourth-order valence-electron chi connectivity index (χ4n) is 1.91. The zero-order valence-electron chi connectivity index (χ0n) is 11.4. The average molecular weight is 312 g/mol. The lowest BCUT2D eigenvalue weighted by molar-refractivity contribution is 0.553. The van der Waals surface area contributed by atoms with Crippen LogP contribution in [0.4, 0.5) is 4.39 Å². The first-order valence-corrected chi connectivity index (χ1v) is 7.20. The molecule has 2 aromatic carbocycles.